The van der Waals surface area contributed by atoms with Crippen molar-refractivity contribution < 1.29 is 28.7 Å². The van der Waals surface area contributed by atoms with Crippen molar-refractivity contribution in [3.05, 3.63) is 166 Å². The first-order valence-corrected chi connectivity index (χ1v) is 33.3. The number of primary amides is 2. The van der Waals surface area contributed by atoms with Gasteiger partial charge in [-0.05, 0) is 150 Å². The molecule has 8 heterocycles. The Balaban J connectivity index is 0.000000158. The molecule has 0 aliphatic carbocycles. The average Bonchev–Trinajstić information content (AvgIpc) is 0.873. The number of fused-ring (bicyclic) bond motifs is 4. The number of hydrogen-bond donors (Lipinski definition) is 3. The highest BCUT2D eigenvalue weighted by atomic mass is 79.9. The predicted molar refractivity (Wildman–Crippen MR) is 370 cm³/mol. The monoisotopic (exact) mass is 1340 g/mol. The largest absolute Gasteiger partial charge is 0.468 e. The number of nitrogens with zero attached hydrogens (tertiary/aromatic N) is 11. The van der Waals surface area contributed by atoms with Gasteiger partial charge in [0.05, 0.1) is 78.2 Å². The third kappa shape index (κ3) is 19.0. The van der Waals surface area contributed by atoms with Crippen LogP contribution in [0.1, 0.15) is 122 Å². The standard InChI is InChI=1S/C19H21N3O2.2C18H20N4O.C16H17N3.C3H5BrO2/c1-13-8-15(11-22(10-13)12-18(23)24-2)16-6-5-14(9-20)19-17(16)4-3-7-21-19;2*1-12-7-14(10-22(9-12)11-17(20)23)15-5-4-13(8-19)18-16(15)3-2-6-21-18;1-11-7-13(10-18-9-11)14-5-4-12(8-17)16-15(14)3-2-6-19-16;1-6-3(5)2-4/h3-7,13,15H,8,10-12H2,1-2H3;2*2-6,12,14H,7,9-11H2,1H3,(H2,20,23);2-6,11,13,18H,7,9-10H2,1H3;2H2,1H3/t;12-,14+;12-,14-;;/m.10../s1. The van der Waals surface area contributed by atoms with Crippen molar-refractivity contribution in [3.8, 4) is 24.3 Å². The van der Waals surface area contributed by atoms with E-state index in [4.69, 9.17) is 16.2 Å². The summed E-state index contributed by atoms with van der Waals surface area (Å²) in [6.45, 7) is 17.0. The zero-order valence-electron chi connectivity index (χ0n) is 54.9. The molecule has 8 aromatic rings. The smallest absolute Gasteiger partial charge is 0.319 e. The molecule has 0 bridgehead atoms. The number of alkyl halides is 1. The third-order valence-corrected chi connectivity index (χ3v) is 18.4. The highest BCUT2D eigenvalue weighted by Gasteiger charge is 2.32. The number of esters is 2. The Hall–Kier alpha value is -9.32. The van der Waals surface area contributed by atoms with Crippen LogP contribution in [0.5, 0.6) is 0 Å². The summed E-state index contributed by atoms with van der Waals surface area (Å²) >= 11 is 2.90. The Morgan fingerprint density at radius 1 is 0.453 bits per heavy atom. The van der Waals surface area contributed by atoms with Crippen molar-refractivity contribution >= 4 is 83.3 Å². The summed E-state index contributed by atoms with van der Waals surface area (Å²) < 4.78 is 9.02. The lowest BCUT2D eigenvalue weighted by Crippen LogP contribution is -2.43. The number of nitriles is 4. The number of likely N-dealkylation sites (tertiary alicyclic amines) is 3. The number of carbonyl (C=O) groups excluding carboxylic acids is 4. The van der Waals surface area contributed by atoms with Gasteiger partial charge in [0.15, 0.2) is 0 Å². The van der Waals surface area contributed by atoms with Crippen molar-refractivity contribution in [2.45, 2.75) is 77.0 Å². The molecule has 0 radical (unpaired) electrons. The third-order valence-electron chi connectivity index (χ3n) is 17.9. The van der Waals surface area contributed by atoms with Crippen molar-refractivity contribution in [1.82, 2.24) is 40.0 Å². The molecule has 4 fully saturated rings. The molecule has 2 amide bonds. The lowest BCUT2D eigenvalue weighted by Gasteiger charge is -2.36. The van der Waals surface area contributed by atoms with Crippen LogP contribution in [0.3, 0.4) is 0 Å². The molecular formula is C74H83BrN14O6. The van der Waals surface area contributed by atoms with Crippen LogP contribution in [0.15, 0.2) is 122 Å². The SMILES string of the molecule is CC1CNCC(c2ccc(C#N)c3ncccc23)C1.COC(=O)CBr.COC(=O)CN1CC(C)CC(c2ccc(C#N)c3ncccc23)C1.C[C@@H]1C[C@H](c2ccc(C#N)c3ncccc23)CN(CC(N)=O)C1.C[C@H]1C[C@H](c2ccc(C#N)c3ncccc23)CN(CC(N)=O)C1. The molecule has 5 N–H and O–H groups in total. The molecule has 12 rings (SSSR count). The van der Waals surface area contributed by atoms with E-state index in [1.807, 2.05) is 84.9 Å². The summed E-state index contributed by atoms with van der Waals surface area (Å²) in [4.78, 5) is 68.0. The number of ether oxygens (including phenoxy) is 2. The zero-order chi connectivity index (χ0) is 68.1. The summed E-state index contributed by atoms with van der Waals surface area (Å²) in [5, 5.41) is 45.0. The van der Waals surface area contributed by atoms with Gasteiger partial charge in [0.25, 0.3) is 0 Å². The molecule has 4 unspecified atom stereocenters. The van der Waals surface area contributed by atoms with E-state index < -0.39 is 0 Å². The fourth-order valence-electron chi connectivity index (χ4n) is 14.1. The fraction of sp³-hybridized carbons (Fsp3) is 0.405. The van der Waals surface area contributed by atoms with Crippen LogP contribution < -0.4 is 16.8 Å². The number of piperidine rings is 4. The fourth-order valence-corrected chi connectivity index (χ4v) is 14.4. The second kappa shape index (κ2) is 34.7. The van der Waals surface area contributed by atoms with Crippen LogP contribution in [0.4, 0.5) is 0 Å². The number of rotatable bonds is 11. The van der Waals surface area contributed by atoms with Gasteiger partial charge in [0.2, 0.25) is 11.8 Å². The molecule has 4 aromatic heterocycles. The van der Waals surface area contributed by atoms with Crippen LogP contribution >= 0.6 is 15.9 Å². The maximum atomic E-state index is 11.6. The molecule has 492 valence electrons. The van der Waals surface area contributed by atoms with Gasteiger partial charge in [-0.3, -0.25) is 53.8 Å². The molecule has 8 atom stereocenters. The number of halogens is 1. The maximum absolute atomic E-state index is 11.6. The van der Waals surface area contributed by atoms with Crippen molar-refractivity contribution in [3.63, 3.8) is 0 Å². The molecule has 4 aromatic carbocycles. The van der Waals surface area contributed by atoms with Gasteiger partial charge in [-0.1, -0.05) is 92.2 Å². The van der Waals surface area contributed by atoms with Crippen LogP contribution in [-0.2, 0) is 28.7 Å². The van der Waals surface area contributed by atoms with E-state index >= 15 is 0 Å². The molecule has 4 aliphatic rings. The minimum atomic E-state index is -0.288. The Kier molecular flexibility index (Phi) is 26.1. The number of hydrogen-bond acceptors (Lipinski definition) is 18. The van der Waals surface area contributed by atoms with E-state index in [2.05, 4.69) is 125 Å². The summed E-state index contributed by atoms with van der Waals surface area (Å²) in [5.74, 6) is 2.64. The summed E-state index contributed by atoms with van der Waals surface area (Å²) in [6.07, 6.45) is 11.3. The zero-order valence-corrected chi connectivity index (χ0v) is 56.5. The van der Waals surface area contributed by atoms with E-state index in [9.17, 15) is 40.2 Å². The Morgan fingerprint density at radius 3 is 1.03 bits per heavy atom. The highest BCUT2D eigenvalue weighted by Crippen LogP contribution is 2.39. The highest BCUT2D eigenvalue weighted by molar-refractivity contribution is 9.09. The topological polar surface area (TPSA) is 307 Å². The minimum Gasteiger partial charge on any atom is -0.468 e. The van der Waals surface area contributed by atoms with Crippen molar-refractivity contribution in [1.29, 1.82) is 21.0 Å². The van der Waals surface area contributed by atoms with Crippen molar-refractivity contribution in [2.24, 2.45) is 35.1 Å². The van der Waals surface area contributed by atoms with E-state index in [1.165, 1.54) is 42.9 Å². The molecule has 0 spiro atoms. The average molecular weight is 1340 g/mol. The summed E-state index contributed by atoms with van der Waals surface area (Å²) in [5.41, 5.74) is 21.2. The van der Waals surface area contributed by atoms with E-state index in [0.29, 0.717) is 89.2 Å². The van der Waals surface area contributed by atoms with Crippen molar-refractivity contribution in [2.75, 3.05) is 91.5 Å². The number of pyridine rings is 4. The molecule has 4 saturated heterocycles. The predicted octanol–water partition coefficient (Wildman–Crippen LogP) is 10.1. The Bertz CT molecular complexity index is 4060. The molecule has 95 heavy (non-hydrogen) atoms. The van der Waals surface area contributed by atoms with Crippen LogP contribution in [0, 0.1) is 69.0 Å². The number of aromatic nitrogens is 4. The molecular weight excluding hydrogens is 1260 g/mol. The molecule has 0 saturated carbocycles. The normalized spacial score (nSPS) is 21.1. The number of benzene rings is 4. The van der Waals surface area contributed by atoms with Gasteiger partial charge in [-0.25, -0.2) is 0 Å². The van der Waals surface area contributed by atoms with Gasteiger partial charge in [-0.15, -0.1) is 0 Å². The van der Waals surface area contributed by atoms with Crippen LogP contribution in [-0.4, -0.2) is 150 Å². The van der Waals surface area contributed by atoms with Gasteiger partial charge < -0.3 is 26.3 Å². The first kappa shape index (κ1) is 71.5. The van der Waals surface area contributed by atoms with Gasteiger partial charge in [-0.2, -0.15) is 21.0 Å². The number of carbonyl (C=O) groups is 4. The minimum absolute atomic E-state index is 0.200. The summed E-state index contributed by atoms with van der Waals surface area (Å²) in [6, 6.07) is 40.4. The molecule has 4 aliphatic heterocycles. The lowest BCUT2D eigenvalue weighted by molar-refractivity contribution is -0.142. The number of nitrogens with one attached hydrogen (secondary N) is 1. The van der Waals surface area contributed by atoms with Gasteiger partial charge in [0.1, 0.15) is 29.6 Å². The maximum Gasteiger partial charge on any atom is 0.319 e. The van der Waals surface area contributed by atoms with E-state index in [0.717, 1.165) is 115 Å². The van der Waals surface area contributed by atoms with Crippen LogP contribution in [0.2, 0.25) is 0 Å². The first-order chi connectivity index (χ1) is 45.9. The lowest BCUT2D eigenvalue weighted by atomic mass is 9.83. The second-order valence-electron chi connectivity index (χ2n) is 25.5. The number of methoxy groups -OCH3 is 2. The Morgan fingerprint density at radius 2 is 0.758 bits per heavy atom. The van der Waals surface area contributed by atoms with Gasteiger partial charge >= 0.3 is 11.9 Å². The molecule has 21 heteroatoms. The van der Waals surface area contributed by atoms with E-state index in [-0.39, 0.29) is 29.1 Å². The number of nitrogens with two attached hydrogens (primary N) is 2. The van der Waals surface area contributed by atoms with Gasteiger partial charge in [0, 0.05) is 92.1 Å². The second-order valence-corrected chi connectivity index (χ2v) is 26.0. The number of amides is 2. The molecule has 20 nitrogen and oxygen atoms in total. The Labute approximate surface area is 564 Å². The quantitative estimate of drug-likeness (QED) is 0.0801. The summed E-state index contributed by atoms with van der Waals surface area (Å²) in [7, 11) is 2.77. The first-order valence-electron chi connectivity index (χ1n) is 32.1. The van der Waals surface area contributed by atoms with Crippen LogP contribution in [0.25, 0.3) is 43.6 Å². The van der Waals surface area contributed by atoms with E-state index in [1.54, 1.807) is 24.8 Å².